The molecule has 0 radical (unpaired) electrons. The third-order valence-corrected chi connectivity index (χ3v) is 5.15. The zero-order chi connectivity index (χ0) is 15.0. The number of piperidine rings is 2. The molecule has 3 rings (SSSR count). The number of benzene rings is 1. The van der Waals surface area contributed by atoms with E-state index in [1.807, 2.05) is 30.0 Å². The van der Waals surface area contributed by atoms with E-state index in [0.717, 1.165) is 35.0 Å². The molecule has 2 amide bonds. The first-order valence-electron chi connectivity index (χ1n) is 7.39. The number of amides is 2. The molecule has 0 spiro atoms. The van der Waals surface area contributed by atoms with Crippen molar-refractivity contribution < 1.29 is 9.59 Å². The number of nitrogens with one attached hydrogen (secondary N) is 1. The minimum absolute atomic E-state index is 0.0842. The summed E-state index contributed by atoms with van der Waals surface area (Å²) in [6, 6.07) is 6.09. The maximum absolute atomic E-state index is 12.7. The van der Waals surface area contributed by atoms with Crippen LogP contribution in [0.5, 0.6) is 0 Å². The van der Waals surface area contributed by atoms with Gasteiger partial charge in [0, 0.05) is 30.0 Å². The van der Waals surface area contributed by atoms with Crippen molar-refractivity contribution in [1.29, 1.82) is 0 Å². The Morgan fingerprint density at radius 2 is 2.19 bits per heavy atom. The van der Waals surface area contributed by atoms with E-state index in [1.54, 1.807) is 0 Å². The number of carbonyl (C=O) groups excluding carboxylic acids is 2. The molecule has 0 bridgehead atoms. The number of hydrogen-bond donors (Lipinski definition) is 1. The van der Waals surface area contributed by atoms with Crippen LogP contribution in [-0.2, 0) is 4.79 Å². The molecule has 2 atom stereocenters. The number of aryl methyl sites for hydroxylation is 1. The first kappa shape index (κ1) is 14.6. The first-order valence-corrected chi connectivity index (χ1v) is 8.18. The fraction of sp³-hybridized carbons (Fsp3) is 0.500. The normalized spacial score (nSPS) is 25.2. The van der Waals surface area contributed by atoms with Crippen LogP contribution in [0.2, 0.25) is 0 Å². The second kappa shape index (κ2) is 5.79. The maximum Gasteiger partial charge on any atom is 0.255 e. The van der Waals surface area contributed by atoms with Crippen LogP contribution in [-0.4, -0.2) is 35.8 Å². The van der Waals surface area contributed by atoms with Crippen molar-refractivity contribution in [2.24, 2.45) is 5.92 Å². The predicted molar refractivity (Wildman–Crippen MR) is 84.1 cm³/mol. The van der Waals surface area contributed by atoms with Gasteiger partial charge >= 0.3 is 0 Å². The SMILES string of the molecule is Cc1ccc(Br)c(C(=O)N2CCC3NC(=O)CCC3C2)c1. The molecule has 2 aliphatic heterocycles. The number of carbonyl (C=O) groups is 2. The summed E-state index contributed by atoms with van der Waals surface area (Å²) < 4.78 is 0.845. The van der Waals surface area contributed by atoms with Gasteiger partial charge < -0.3 is 10.2 Å². The van der Waals surface area contributed by atoms with Crippen molar-refractivity contribution in [3.63, 3.8) is 0 Å². The van der Waals surface area contributed by atoms with Gasteiger partial charge in [-0.15, -0.1) is 0 Å². The van der Waals surface area contributed by atoms with Gasteiger partial charge in [-0.25, -0.2) is 0 Å². The molecular weight excluding hydrogens is 332 g/mol. The maximum atomic E-state index is 12.7. The number of nitrogens with zero attached hydrogens (tertiary/aromatic N) is 1. The third-order valence-electron chi connectivity index (χ3n) is 4.46. The molecule has 5 heteroatoms. The Labute approximate surface area is 133 Å². The highest BCUT2D eigenvalue weighted by Crippen LogP contribution is 2.28. The summed E-state index contributed by atoms with van der Waals surface area (Å²) in [4.78, 5) is 26.1. The third kappa shape index (κ3) is 2.98. The lowest BCUT2D eigenvalue weighted by Crippen LogP contribution is -2.55. The molecule has 2 heterocycles. The summed E-state index contributed by atoms with van der Waals surface area (Å²) in [5.74, 6) is 0.627. The Hall–Kier alpha value is -1.36. The summed E-state index contributed by atoms with van der Waals surface area (Å²) in [6.07, 6.45) is 2.32. The molecule has 1 N–H and O–H groups in total. The van der Waals surface area contributed by atoms with Gasteiger partial charge in [-0.2, -0.15) is 0 Å². The number of likely N-dealkylation sites (tertiary alicyclic amines) is 1. The molecular formula is C16H19BrN2O2. The van der Waals surface area contributed by atoms with E-state index in [4.69, 9.17) is 0 Å². The van der Waals surface area contributed by atoms with Gasteiger partial charge in [-0.05, 0) is 53.7 Å². The second-order valence-corrected chi connectivity index (χ2v) is 6.85. The van der Waals surface area contributed by atoms with Gasteiger partial charge in [-0.3, -0.25) is 9.59 Å². The van der Waals surface area contributed by atoms with Crippen LogP contribution in [0.3, 0.4) is 0 Å². The van der Waals surface area contributed by atoms with Crippen LogP contribution in [0.1, 0.15) is 35.2 Å². The van der Waals surface area contributed by atoms with Crippen molar-refractivity contribution in [2.45, 2.75) is 32.2 Å². The molecule has 0 aliphatic carbocycles. The Morgan fingerprint density at radius 1 is 1.38 bits per heavy atom. The minimum Gasteiger partial charge on any atom is -0.353 e. The molecule has 0 aromatic heterocycles. The van der Waals surface area contributed by atoms with E-state index in [0.29, 0.717) is 18.9 Å². The van der Waals surface area contributed by atoms with Gasteiger partial charge in [0.2, 0.25) is 5.91 Å². The lowest BCUT2D eigenvalue weighted by Gasteiger charge is -2.41. The van der Waals surface area contributed by atoms with Crippen LogP contribution < -0.4 is 5.32 Å². The van der Waals surface area contributed by atoms with E-state index in [1.165, 1.54) is 0 Å². The van der Waals surface area contributed by atoms with Crippen LogP contribution in [0.4, 0.5) is 0 Å². The van der Waals surface area contributed by atoms with E-state index in [-0.39, 0.29) is 17.9 Å². The molecule has 2 aliphatic rings. The molecule has 21 heavy (non-hydrogen) atoms. The lowest BCUT2D eigenvalue weighted by atomic mass is 9.85. The fourth-order valence-electron chi connectivity index (χ4n) is 3.27. The summed E-state index contributed by atoms with van der Waals surface area (Å²) in [5.41, 5.74) is 1.81. The summed E-state index contributed by atoms with van der Waals surface area (Å²) in [7, 11) is 0. The average Bonchev–Trinajstić information content (AvgIpc) is 2.48. The van der Waals surface area contributed by atoms with Crippen LogP contribution in [0, 0.1) is 12.8 Å². The Bertz CT molecular complexity index is 588. The summed E-state index contributed by atoms with van der Waals surface area (Å²) >= 11 is 3.47. The minimum atomic E-state index is 0.0842. The van der Waals surface area contributed by atoms with E-state index >= 15 is 0 Å². The van der Waals surface area contributed by atoms with Gasteiger partial charge in [0.15, 0.2) is 0 Å². The van der Waals surface area contributed by atoms with Gasteiger partial charge in [0.25, 0.3) is 5.91 Å². The monoisotopic (exact) mass is 350 g/mol. The molecule has 2 fully saturated rings. The second-order valence-electron chi connectivity index (χ2n) is 6.00. The van der Waals surface area contributed by atoms with E-state index in [2.05, 4.69) is 21.2 Å². The van der Waals surface area contributed by atoms with Crippen molar-refractivity contribution in [2.75, 3.05) is 13.1 Å². The van der Waals surface area contributed by atoms with Crippen molar-refractivity contribution >= 4 is 27.7 Å². The highest BCUT2D eigenvalue weighted by atomic mass is 79.9. The van der Waals surface area contributed by atoms with E-state index < -0.39 is 0 Å². The number of halogens is 1. The highest BCUT2D eigenvalue weighted by Gasteiger charge is 2.35. The topological polar surface area (TPSA) is 49.4 Å². The van der Waals surface area contributed by atoms with Crippen molar-refractivity contribution in [3.05, 3.63) is 33.8 Å². The number of hydrogen-bond acceptors (Lipinski definition) is 2. The van der Waals surface area contributed by atoms with Crippen molar-refractivity contribution in [1.82, 2.24) is 10.2 Å². The number of rotatable bonds is 1. The summed E-state index contributed by atoms with van der Waals surface area (Å²) in [5, 5.41) is 3.05. The molecule has 2 saturated heterocycles. The Kier molecular flexibility index (Phi) is 4.02. The Morgan fingerprint density at radius 3 is 3.00 bits per heavy atom. The zero-order valence-corrected chi connectivity index (χ0v) is 13.6. The lowest BCUT2D eigenvalue weighted by molar-refractivity contribution is -0.125. The Balaban J connectivity index is 1.74. The fourth-order valence-corrected chi connectivity index (χ4v) is 3.68. The molecule has 1 aromatic rings. The van der Waals surface area contributed by atoms with Crippen LogP contribution in [0.25, 0.3) is 0 Å². The number of fused-ring (bicyclic) bond motifs is 1. The van der Waals surface area contributed by atoms with Crippen molar-refractivity contribution in [3.8, 4) is 0 Å². The highest BCUT2D eigenvalue weighted by molar-refractivity contribution is 9.10. The van der Waals surface area contributed by atoms with Crippen LogP contribution in [0.15, 0.2) is 22.7 Å². The van der Waals surface area contributed by atoms with Gasteiger partial charge in [-0.1, -0.05) is 11.6 Å². The van der Waals surface area contributed by atoms with Gasteiger partial charge in [0.1, 0.15) is 0 Å². The van der Waals surface area contributed by atoms with E-state index in [9.17, 15) is 9.59 Å². The standard InChI is InChI=1S/C16H19BrN2O2/c1-10-2-4-13(17)12(8-10)16(21)19-7-6-14-11(9-19)3-5-15(20)18-14/h2,4,8,11,14H,3,5-7,9H2,1H3,(H,18,20). The summed E-state index contributed by atoms with van der Waals surface area (Å²) in [6.45, 7) is 3.44. The molecule has 2 unspecified atom stereocenters. The molecule has 112 valence electrons. The van der Waals surface area contributed by atoms with Crippen LogP contribution >= 0.6 is 15.9 Å². The first-order chi connectivity index (χ1) is 10.0. The zero-order valence-electron chi connectivity index (χ0n) is 12.1. The molecule has 1 aromatic carbocycles. The largest absolute Gasteiger partial charge is 0.353 e. The average molecular weight is 351 g/mol. The quantitative estimate of drug-likeness (QED) is 0.845. The molecule has 4 nitrogen and oxygen atoms in total. The predicted octanol–water partition coefficient (Wildman–Crippen LogP) is 2.50. The molecule has 0 saturated carbocycles. The van der Waals surface area contributed by atoms with Gasteiger partial charge in [0.05, 0.1) is 5.56 Å². The smallest absolute Gasteiger partial charge is 0.255 e.